The van der Waals surface area contributed by atoms with Crippen LogP contribution in [0.3, 0.4) is 0 Å². The van der Waals surface area contributed by atoms with Crippen LogP contribution in [-0.2, 0) is 41.9 Å². The highest BCUT2D eigenvalue weighted by Gasteiger charge is 2.24. The number of esters is 2. The number of ether oxygens (including phenoxy) is 3. The quantitative estimate of drug-likeness (QED) is 0.185. The van der Waals surface area contributed by atoms with E-state index < -0.39 is 16.0 Å². The van der Waals surface area contributed by atoms with Gasteiger partial charge in [0, 0.05) is 27.5 Å². The summed E-state index contributed by atoms with van der Waals surface area (Å²) >= 11 is 6.26. The molecule has 11 heteroatoms. The molecule has 0 bridgehead atoms. The Kier molecular flexibility index (Phi) is 10.2. The maximum absolute atomic E-state index is 14.0. The van der Waals surface area contributed by atoms with Crippen molar-refractivity contribution in [2.45, 2.75) is 37.1 Å². The summed E-state index contributed by atoms with van der Waals surface area (Å²) in [6, 6.07) is 20.6. The second-order valence-corrected chi connectivity index (χ2v) is 12.1. The van der Waals surface area contributed by atoms with Crippen LogP contribution in [0.4, 0.5) is 11.4 Å². The summed E-state index contributed by atoms with van der Waals surface area (Å²) in [5.74, 6) is -0.539. The predicted octanol–water partition coefficient (Wildman–Crippen LogP) is 5.97. The number of rotatable bonds is 12. The minimum absolute atomic E-state index is 0.0141. The number of anilines is 2. The molecule has 43 heavy (non-hydrogen) atoms. The first-order valence-corrected chi connectivity index (χ1v) is 15.3. The zero-order valence-electron chi connectivity index (χ0n) is 24.3. The molecule has 226 valence electrons. The van der Waals surface area contributed by atoms with Gasteiger partial charge < -0.3 is 19.5 Å². The van der Waals surface area contributed by atoms with E-state index in [1.54, 1.807) is 42.5 Å². The smallest absolute Gasteiger partial charge is 0.309 e. The monoisotopic (exact) mass is 624 g/mol. The van der Waals surface area contributed by atoms with E-state index in [4.69, 9.17) is 25.8 Å². The van der Waals surface area contributed by atoms with Crippen LogP contribution in [0, 0.1) is 0 Å². The number of sulfonamides is 1. The summed E-state index contributed by atoms with van der Waals surface area (Å²) in [6.07, 6.45) is 0.502. The van der Waals surface area contributed by atoms with Crippen LogP contribution < -0.4 is 14.8 Å². The molecule has 0 saturated heterocycles. The molecule has 0 aliphatic carbocycles. The molecular weight excluding hydrogens is 592 g/mol. The number of carbonyl (C=O) groups excluding carboxylic acids is 2. The van der Waals surface area contributed by atoms with Gasteiger partial charge in [-0.1, -0.05) is 54.1 Å². The lowest BCUT2D eigenvalue weighted by molar-refractivity contribution is -0.141. The maximum Gasteiger partial charge on any atom is 0.309 e. The molecular formula is C32H33ClN2O7S. The van der Waals surface area contributed by atoms with Gasteiger partial charge in [0.2, 0.25) is 0 Å². The second-order valence-electron chi connectivity index (χ2n) is 9.98. The van der Waals surface area contributed by atoms with Crippen molar-refractivity contribution >= 4 is 55.7 Å². The van der Waals surface area contributed by atoms with Gasteiger partial charge in [-0.05, 0) is 60.4 Å². The lowest BCUT2D eigenvalue weighted by Crippen LogP contribution is -2.22. The fourth-order valence-corrected chi connectivity index (χ4v) is 6.34. The Morgan fingerprint density at radius 1 is 0.860 bits per heavy atom. The van der Waals surface area contributed by atoms with Crippen molar-refractivity contribution in [2.75, 3.05) is 31.4 Å². The Balaban J connectivity index is 1.83. The number of hydrogen-bond acceptors (Lipinski definition) is 8. The van der Waals surface area contributed by atoms with E-state index in [0.29, 0.717) is 39.0 Å². The SMILES string of the molecule is COC(=O)Cc1ccc(NS(=O)(=O)c2cc(Cc3cccc(Cl)c3)c(N[C@@H](C)CC(=O)OC)c3ccccc23)c(OC)c1. The van der Waals surface area contributed by atoms with Crippen molar-refractivity contribution in [2.24, 2.45) is 0 Å². The number of carbonyl (C=O) groups is 2. The van der Waals surface area contributed by atoms with Crippen molar-refractivity contribution in [3.8, 4) is 5.75 Å². The normalized spacial score (nSPS) is 11.9. The number of methoxy groups -OCH3 is 3. The Morgan fingerprint density at radius 3 is 2.26 bits per heavy atom. The molecule has 9 nitrogen and oxygen atoms in total. The summed E-state index contributed by atoms with van der Waals surface area (Å²) in [5, 5.41) is 5.13. The van der Waals surface area contributed by atoms with Crippen molar-refractivity contribution in [1.82, 2.24) is 0 Å². The first kappa shape index (κ1) is 31.7. The van der Waals surface area contributed by atoms with Crippen molar-refractivity contribution in [1.29, 1.82) is 0 Å². The zero-order chi connectivity index (χ0) is 31.1. The van der Waals surface area contributed by atoms with Crippen LogP contribution in [0.5, 0.6) is 5.75 Å². The molecule has 4 aromatic carbocycles. The van der Waals surface area contributed by atoms with Crippen LogP contribution in [0.1, 0.15) is 30.0 Å². The third kappa shape index (κ3) is 7.77. The summed E-state index contributed by atoms with van der Waals surface area (Å²) < 4.78 is 45.7. The molecule has 0 unspecified atom stereocenters. The molecule has 0 spiro atoms. The van der Waals surface area contributed by atoms with Crippen molar-refractivity contribution < 1.29 is 32.2 Å². The van der Waals surface area contributed by atoms with Gasteiger partial charge in [-0.3, -0.25) is 14.3 Å². The van der Waals surface area contributed by atoms with Gasteiger partial charge in [0.25, 0.3) is 10.0 Å². The average molecular weight is 625 g/mol. The van der Waals surface area contributed by atoms with Crippen LogP contribution in [0.25, 0.3) is 10.8 Å². The van der Waals surface area contributed by atoms with E-state index in [-0.39, 0.29) is 41.2 Å². The highest BCUT2D eigenvalue weighted by molar-refractivity contribution is 7.93. The van der Waals surface area contributed by atoms with E-state index in [1.165, 1.54) is 21.3 Å². The van der Waals surface area contributed by atoms with E-state index in [0.717, 1.165) is 5.56 Å². The highest BCUT2D eigenvalue weighted by Crippen LogP contribution is 2.37. The minimum Gasteiger partial charge on any atom is -0.495 e. The number of nitrogens with one attached hydrogen (secondary N) is 2. The number of hydrogen-bond donors (Lipinski definition) is 2. The van der Waals surface area contributed by atoms with E-state index in [9.17, 15) is 18.0 Å². The summed E-state index contributed by atoms with van der Waals surface area (Å²) in [4.78, 5) is 23.8. The van der Waals surface area contributed by atoms with Crippen molar-refractivity contribution in [3.63, 3.8) is 0 Å². The molecule has 0 aliphatic heterocycles. The fourth-order valence-electron chi connectivity index (χ4n) is 4.80. The Morgan fingerprint density at radius 2 is 1.58 bits per heavy atom. The standard InChI is InChI=1S/C32H33ClN2O7S/c1-20(14-30(36)41-3)34-32-23(15-21-8-7-9-24(33)16-21)19-29(25-10-5-6-11-26(25)32)43(38,39)35-27-13-12-22(17-28(27)40-2)18-31(37)42-4/h5-13,16-17,19-20,34-35H,14-15,18H2,1-4H3/t20-/m0/s1. The zero-order valence-corrected chi connectivity index (χ0v) is 25.8. The van der Waals surface area contributed by atoms with Gasteiger partial charge in [-0.2, -0.15) is 0 Å². The molecule has 4 aromatic rings. The molecule has 0 radical (unpaired) electrons. The molecule has 1 atom stereocenters. The van der Waals surface area contributed by atoms with Crippen LogP contribution in [-0.4, -0.2) is 47.7 Å². The van der Waals surface area contributed by atoms with Crippen LogP contribution >= 0.6 is 11.6 Å². The molecule has 0 amide bonds. The van der Waals surface area contributed by atoms with Gasteiger partial charge in [0.15, 0.2) is 0 Å². The molecule has 2 N–H and O–H groups in total. The fraction of sp³-hybridized carbons (Fsp3) is 0.250. The molecule has 0 aromatic heterocycles. The lowest BCUT2D eigenvalue weighted by atomic mass is 9.97. The molecule has 0 fully saturated rings. The van der Waals surface area contributed by atoms with Crippen LogP contribution in [0.15, 0.2) is 77.7 Å². The third-order valence-corrected chi connectivity index (χ3v) is 8.48. The van der Waals surface area contributed by atoms with Gasteiger partial charge in [0.05, 0.1) is 44.8 Å². The lowest BCUT2D eigenvalue weighted by Gasteiger charge is -2.22. The molecule has 0 aliphatic rings. The van der Waals surface area contributed by atoms with E-state index >= 15 is 0 Å². The average Bonchev–Trinajstić information content (AvgIpc) is 2.98. The van der Waals surface area contributed by atoms with E-state index in [2.05, 4.69) is 10.0 Å². The summed E-state index contributed by atoms with van der Waals surface area (Å²) in [5.41, 5.74) is 3.10. The number of fused-ring (bicyclic) bond motifs is 1. The second kappa shape index (κ2) is 13.8. The van der Waals surface area contributed by atoms with Gasteiger partial charge >= 0.3 is 11.9 Å². The number of halogens is 1. The van der Waals surface area contributed by atoms with Crippen molar-refractivity contribution in [3.05, 3.63) is 94.5 Å². The number of benzene rings is 4. The molecule has 0 saturated carbocycles. The van der Waals surface area contributed by atoms with Gasteiger partial charge in [-0.25, -0.2) is 8.42 Å². The molecule has 0 heterocycles. The predicted molar refractivity (Wildman–Crippen MR) is 167 cm³/mol. The summed E-state index contributed by atoms with van der Waals surface area (Å²) in [7, 11) is -0.0978. The topological polar surface area (TPSA) is 120 Å². The first-order valence-electron chi connectivity index (χ1n) is 13.4. The first-order chi connectivity index (χ1) is 20.5. The van der Waals surface area contributed by atoms with E-state index in [1.807, 2.05) is 37.3 Å². The highest BCUT2D eigenvalue weighted by atomic mass is 35.5. The van der Waals surface area contributed by atoms with Crippen LogP contribution in [0.2, 0.25) is 5.02 Å². The third-order valence-electron chi connectivity index (χ3n) is 6.84. The molecule has 4 rings (SSSR count). The Labute approximate surface area is 256 Å². The van der Waals surface area contributed by atoms with Gasteiger partial charge in [-0.15, -0.1) is 0 Å². The van der Waals surface area contributed by atoms with Gasteiger partial charge in [0.1, 0.15) is 5.75 Å². The largest absolute Gasteiger partial charge is 0.495 e. The maximum atomic E-state index is 14.0. The Bertz CT molecular complexity index is 1760. The minimum atomic E-state index is -4.15. The Hall–Kier alpha value is -4.28. The summed E-state index contributed by atoms with van der Waals surface area (Å²) in [6.45, 7) is 1.86.